The summed E-state index contributed by atoms with van der Waals surface area (Å²) in [6.45, 7) is 4.35. The van der Waals surface area contributed by atoms with E-state index in [0.717, 1.165) is 36.6 Å². The molecule has 2 saturated heterocycles. The van der Waals surface area contributed by atoms with Crippen LogP contribution in [0.5, 0.6) is 0 Å². The minimum Gasteiger partial charge on any atom is -0.369 e. The van der Waals surface area contributed by atoms with Gasteiger partial charge in [0.25, 0.3) is 11.8 Å². The highest BCUT2D eigenvalue weighted by molar-refractivity contribution is 6.23. The number of piperazine rings is 1. The molecular formula is C24H24N4O4. The highest BCUT2D eigenvalue weighted by atomic mass is 16.2. The van der Waals surface area contributed by atoms with Crippen molar-refractivity contribution in [2.45, 2.75) is 25.4 Å². The summed E-state index contributed by atoms with van der Waals surface area (Å²) < 4.78 is 0. The van der Waals surface area contributed by atoms with E-state index in [1.54, 1.807) is 12.1 Å². The number of carbonyl (C=O) groups excluding carboxylic acids is 4. The fourth-order valence-corrected chi connectivity index (χ4v) is 4.68. The number of carbonyl (C=O) groups is 4. The molecule has 0 radical (unpaired) electrons. The first kappa shape index (κ1) is 20.4. The van der Waals surface area contributed by atoms with Crippen molar-refractivity contribution in [2.24, 2.45) is 0 Å². The maximum atomic E-state index is 13.0. The molecule has 1 atom stereocenters. The summed E-state index contributed by atoms with van der Waals surface area (Å²) in [4.78, 5) is 55.2. The molecule has 1 unspecified atom stereocenters. The Morgan fingerprint density at radius 3 is 2.28 bits per heavy atom. The minimum absolute atomic E-state index is 0.115. The normalized spacial score (nSPS) is 21.7. The van der Waals surface area contributed by atoms with E-state index < -0.39 is 23.8 Å². The summed E-state index contributed by atoms with van der Waals surface area (Å²) in [5.74, 6) is -1.90. The van der Waals surface area contributed by atoms with Crippen molar-refractivity contribution in [3.63, 3.8) is 0 Å². The Balaban J connectivity index is 1.26. The first-order chi connectivity index (χ1) is 15.5. The number of nitrogens with one attached hydrogen (secondary N) is 1. The van der Waals surface area contributed by atoms with Gasteiger partial charge in [0, 0.05) is 44.8 Å². The van der Waals surface area contributed by atoms with Crippen LogP contribution in [0.25, 0.3) is 0 Å². The van der Waals surface area contributed by atoms with Crippen molar-refractivity contribution in [1.29, 1.82) is 0 Å². The number of amides is 4. The molecule has 0 bridgehead atoms. The van der Waals surface area contributed by atoms with Gasteiger partial charge in [-0.05, 0) is 36.2 Å². The molecule has 32 heavy (non-hydrogen) atoms. The van der Waals surface area contributed by atoms with Crippen molar-refractivity contribution < 1.29 is 19.2 Å². The van der Waals surface area contributed by atoms with E-state index in [9.17, 15) is 19.2 Å². The Bertz CT molecular complexity index is 1090. The van der Waals surface area contributed by atoms with E-state index in [4.69, 9.17) is 0 Å². The summed E-state index contributed by atoms with van der Waals surface area (Å²) in [5, 5.41) is 2.22. The number of nitrogens with zero attached hydrogens (tertiary/aromatic N) is 3. The summed E-state index contributed by atoms with van der Waals surface area (Å²) >= 11 is 0. The largest absolute Gasteiger partial charge is 0.369 e. The Labute approximate surface area is 185 Å². The molecule has 8 heteroatoms. The molecule has 4 amide bonds. The lowest BCUT2D eigenvalue weighted by atomic mass is 10.0. The molecule has 0 aromatic heterocycles. The number of hydrogen-bond acceptors (Lipinski definition) is 6. The summed E-state index contributed by atoms with van der Waals surface area (Å²) in [7, 11) is 0. The van der Waals surface area contributed by atoms with Crippen molar-refractivity contribution in [2.75, 3.05) is 31.1 Å². The van der Waals surface area contributed by atoms with Gasteiger partial charge in [-0.25, -0.2) is 0 Å². The van der Waals surface area contributed by atoms with Crippen LogP contribution in [0, 0.1) is 0 Å². The van der Waals surface area contributed by atoms with Crippen molar-refractivity contribution in [1.82, 2.24) is 15.1 Å². The van der Waals surface area contributed by atoms with Gasteiger partial charge in [0.05, 0.1) is 11.1 Å². The van der Waals surface area contributed by atoms with Gasteiger partial charge in [0.2, 0.25) is 11.8 Å². The molecule has 1 N–H and O–H groups in total. The molecule has 2 fully saturated rings. The predicted octanol–water partition coefficient (Wildman–Crippen LogP) is 1.41. The number of fused-ring (bicyclic) bond motifs is 1. The van der Waals surface area contributed by atoms with Crippen LogP contribution in [0.1, 0.15) is 39.1 Å². The molecule has 8 nitrogen and oxygen atoms in total. The van der Waals surface area contributed by atoms with Crippen LogP contribution < -0.4 is 10.2 Å². The van der Waals surface area contributed by atoms with Crippen LogP contribution in [0.15, 0.2) is 48.5 Å². The van der Waals surface area contributed by atoms with E-state index in [-0.39, 0.29) is 18.7 Å². The van der Waals surface area contributed by atoms with E-state index >= 15 is 0 Å². The van der Waals surface area contributed by atoms with E-state index in [0.29, 0.717) is 17.7 Å². The van der Waals surface area contributed by atoms with Crippen molar-refractivity contribution in [3.05, 3.63) is 65.2 Å². The highest BCUT2D eigenvalue weighted by Gasteiger charge is 2.44. The van der Waals surface area contributed by atoms with Crippen molar-refractivity contribution in [3.8, 4) is 0 Å². The Morgan fingerprint density at radius 1 is 0.844 bits per heavy atom. The molecule has 0 aliphatic carbocycles. The van der Waals surface area contributed by atoms with Gasteiger partial charge in [-0.3, -0.25) is 34.3 Å². The maximum Gasteiger partial charge on any atom is 0.262 e. The van der Waals surface area contributed by atoms with Gasteiger partial charge in [-0.15, -0.1) is 0 Å². The standard InChI is InChI=1S/C24H24N4O4/c29-21-9-8-20(22(30)25-21)28-23(31)18-7-6-16(14-19(18)24(28)32)15-26-10-12-27(13-11-26)17-4-2-1-3-5-17/h1-7,14,20H,8-13,15H2,(H,25,29,30). The Morgan fingerprint density at radius 2 is 1.56 bits per heavy atom. The second kappa shape index (κ2) is 8.20. The van der Waals surface area contributed by atoms with Crippen LogP contribution >= 0.6 is 0 Å². The molecule has 5 rings (SSSR count). The molecule has 0 spiro atoms. The second-order valence-corrected chi connectivity index (χ2v) is 8.43. The number of hydrogen-bond donors (Lipinski definition) is 1. The van der Waals surface area contributed by atoms with E-state index in [1.165, 1.54) is 5.69 Å². The topological polar surface area (TPSA) is 90.0 Å². The maximum absolute atomic E-state index is 13.0. The zero-order valence-corrected chi connectivity index (χ0v) is 17.6. The number of para-hydroxylation sites is 1. The third kappa shape index (κ3) is 3.67. The SMILES string of the molecule is O=C1CCC(N2C(=O)c3ccc(CN4CCN(c5ccccc5)CC4)cc3C2=O)C(=O)N1. The van der Waals surface area contributed by atoms with Crippen molar-refractivity contribution >= 4 is 29.3 Å². The average Bonchev–Trinajstić information content (AvgIpc) is 3.05. The zero-order chi connectivity index (χ0) is 22.2. The quantitative estimate of drug-likeness (QED) is 0.735. The van der Waals surface area contributed by atoms with Gasteiger partial charge < -0.3 is 4.90 Å². The predicted molar refractivity (Wildman–Crippen MR) is 117 cm³/mol. The first-order valence-electron chi connectivity index (χ1n) is 10.9. The van der Waals surface area contributed by atoms with E-state index in [1.807, 2.05) is 24.3 Å². The molecule has 3 heterocycles. The van der Waals surface area contributed by atoms with Crippen LogP contribution in [0.4, 0.5) is 5.69 Å². The lowest BCUT2D eigenvalue weighted by Crippen LogP contribution is -2.54. The number of benzene rings is 2. The van der Waals surface area contributed by atoms with Crippen LogP contribution in [0.2, 0.25) is 0 Å². The lowest BCUT2D eigenvalue weighted by molar-refractivity contribution is -0.136. The zero-order valence-electron chi connectivity index (χ0n) is 17.6. The first-order valence-corrected chi connectivity index (χ1v) is 10.9. The molecular weight excluding hydrogens is 408 g/mol. The van der Waals surface area contributed by atoms with Gasteiger partial charge in [-0.2, -0.15) is 0 Å². The summed E-state index contributed by atoms with van der Waals surface area (Å²) in [6.07, 6.45) is 0.276. The third-order valence-electron chi connectivity index (χ3n) is 6.40. The fraction of sp³-hybridized carbons (Fsp3) is 0.333. The molecule has 2 aromatic rings. The van der Waals surface area contributed by atoms with Crippen LogP contribution in [-0.4, -0.2) is 65.6 Å². The lowest BCUT2D eigenvalue weighted by Gasteiger charge is -2.36. The average molecular weight is 432 g/mol. The van der Waals surface area contributed by atoms with Crippen LogP contribution in [-0.2, 0) is 16.1 Å². The Kier molecular flexibility index (Phi) is 5.22. The number of anilines is 1. The van der Waals surface area contributed by atoms with Crippen LogP contribution in [0.3, 0.4) is 0 Å². The van der Waals surface area contributed by atoms with Gasteiger partial charge >= 0.3 is 0 Å². The number of imide groups is 2. The van der Waals surface area contributed by atoms with E-state index in [2.05, 4.69) is 27.2 Å². The summed E-state index contributed by atoms with van der Waals surface area (Å²) in [5.41, 5.74) is 2.84. The minimum atomic E-state index is -0.936. The highest BCUT2D eigenvalue weighted by Crippen LogP contribution is 2.29. The molecule has 3 aliphatic heterocycles. The van der Waals surface area contributed by atoms with Gasteiger partial charge in [0.1, 0.15) is 6.04 Å². The monoisotopic (exact) mass is 432 g/mol. The smallest absolute Gasteiger partial charge is 0.262 e. The van der Waals surface area contributed by atoms with Gasteiger partial charge in [0.15, 0.2) is 0 Å². The number of rotatable bonds is 4. The fourth-order valence-electron chi connectivity index (χ4n) is 4.68. The molecule has 0 saturated carbocycles. The molecule has 2 aromatic carbocycles. The molecule has 164 valence electrons. The Hall–Kier alpha value is -3.52. The van der Waals surface area contributed by atoms with Gasteiger partial charge in [-0.1, -0.05) is 24.3 Å². The third-order valence-corrected chi connectivity index (χ3v) is 6.40. The second-order valence-electron chi connectivity index (χ2n) is 8.43. The molecule has 3 aliphatic rings. The number of piperidine rings is 1. The summed E-state index contributed by atoms with van der Waals surface area (Å²) in [6, 6.07) is 14.7.